The summed E-state index contributed by atoms with van der Waals surface area (Å²) < 4.78 is 0. The van der Waals surface area contributed by atoms with Gasteiger partial charge in [0.2, 0.25) is 0 Å². The van der Waals surface area contributed by atoms with Crippen LogP contribution >= 0.6 is 11.6 Å². The highest BCUT2D eigenvalue weighted by molar-refractivity contribution is 6.31. The van der Waals surface area contributed by atoms with E-state index in [-0.39, 0.29) is 11.0 Å². The Hall–Kier alpha value is -2.13. The van der Waals surface area contributed by atoms with Crippen LogP contribution in [0.4, 0.5) is 0 Å². The highest BCUT2D eigenvalue weighted by atomic mass is 35.5. The lowest BCUT2D eigenvalue weighted by molar-refractivity contribution is 1.36. The van der Waals surface area contributed by atoms with Gasteiger partial charge in [0.25, 0.3) is 5.56 Å². The zero-order valence-corrected chi connectivity index (χ0v) is 9.99. The Morgan fingerprint density at radius 3 is 2.50 bits per heavy atom. The molecular weight excluding hydrogens is 250 g/mol. The van der Waals surface area contributed by atoms with Crippen LogP contribution in [0.5, 0.6) is 0 Å². The summed E-state index contributed by atoms with van der Waals surface area (Å²) in [4.78, 5) is 27.1. The molecule has 1 N–H and O–H groups in total. The van der Waals surface area contributed by atoms with E-state index in [1.54, 1.807) is 36.4 Å². The molecule has 0 spiro atoms. The number of benzene rings is 2. The summed E-state index contributed by atoms with van der Waals surface area (Å²) in [5.41, 5.74) is 0.0428. The zero-order chi connectivity index (χ0) is 12.7. The first-order chi connectivity index (χ1) is 8.66. The van der Waals surface area contributed by atoms with Gasteiger partial charge in [-0.1, -0.05) is 23.7 Å². The highest BCUT2D eigenvalue weighted by Crippen LogP contribution is 2.15. The largest absolute Gasteiger partial charge is 0.321 e. The van der Waals surface area contributed by atoms with Crippen molar-refractivity contribution in [2.24, 2.45) is 0 Å². The van der Waals surface area contributed by atoms with Gasteiger partial charge in [-0.05, 0) is 30.3 Å². The molecule has 2 aromatic carbocycles. The van der Waals surface area contributed by atoms with Gasteiger partial charge in [-0.25, -0.2) is 0 Å². The van der Waals surface area contributed by atoms with E-state index in [4.69, 9.17) is 11.6 Å². The molecule has 0 saturated carbocycles. The second-order valence-electron chi connectivity index (χ2n) is 4.02. The van der Waals surface area contributed by atoms with Crippen LogP contribution < -0.4 is 11.0 Å². The first-order valence-corrected chi connectivity index (χ1v) is 5.79. The Bertz CT molecular complexity index is 884. The van der Waals surface area contributed by atoms with Crippen LogP contribution in [0, 0.1) is 0 Å². The maximum absolute atomic E-state index is 12.4. The van der Waals surface area contributed by atoms with E-state index in [0.717, 1.165) is 0 Å². The molecule has 3 nitrogen and oxygen atoms in total. The summed E-state index contributed by atoms with van der Waals surface area (Å²) in [5, 5.41) is 1.60. The van der Waals surface area contributed by atoms with Crippen molar-refractivity contribution in [3.63, 3.8) is 0 Å². The van der Waals surface area contributed by atoms with Crippen molar-refractivity contribution in [1.82, 2.24) is 4.98 Å². The molecule has 0 fully saturated rings. The van der Waals surface area contributed by atoms with Crippen molar-refractivity contribution in [3.05, 3.63) is 68.1 Å². The van der Waals surface area contributed by atoms with Crippen molar-refractivity contribution in [2.75, 3.05) is 0 Å². The predicted octanol–water partition coefficient (Wildman–Crippen LogP) is 2.69. The monoisotopic (exact) mass is 257 g/mol. The minimum Gasteiger partial charge on any atom is -0.321 e. The molecule has 0 aliphatic heterocycles. The second kappa shape index (κ2) is 3.96. The van der Waals surface area contributed by atoms with Crippen LogP contribution in [-0.2, 0) is 0 Å². The number of para-hydroxylation sites is 1. The molecule has 0 saturated heterocycles. The quantitative estimate of drug-likeness (QED) is 0.673. The number of aromatic nitrogens is 1. The van der Waals surface area contributed by atoms with Crippen LogP contribution in [-0.4, -0.2) is 4.98 Å². The van der Waals surface area contributed by atoms with Gasteiger partial charge >= 0.3 is 0 Å². The fourth-order valence-electron chi connectivity index (χ4n) is 2.03. The summed E-state index contributed by atoms with van der Waals surface area (Å²) in [6.07, 6.45) is 0. The summed E-state index contributed by atoms with van der Waals surface area (Å²) >= 11 is 5.89. The number of nitrogens with one attached hydrogen (secondary N) is 1. The maximum Gasteiger partial charge on any atom is 0.256 e. The number of aromatic amines is 1. The summed E-state index contributed by atoms with van der Waals surface area (Å²) in [6.45, 7) is 0. The fraction of sp³-hybridized carbons (Fsp3) is 0. The molecule has 0 radical (unpaired) electrons. The summed E-state index contributed by atoms with van der Waals surface area (Å²) in [6, 6.07) is 11.6. The van der Waals surface area contributed by atoms with Gasteiger partial charge in [0.1, 0.15) is 0 Å². The van der Waals surface area contributed by atoms with Crippen LogP contribution in [0.2, 0.25) is 5.02 Å². The minimum absolute atomic E-state index is 0.193. The van der Waals surface area contributed by atoms with Crippen LogP contribution in [0.15, 0.2) is 52.1 Å². The van der Waals surface area contributed by atoms with Gasteiger partial charge in [0, 0.05) is 15.8 Å². The standard InChI is InChI=1S/C14H8ClNO2/c15-8-5-6-9-11(7-8)13(17)10-3-1-2-4-12(10)16-14(9)18/h1-7H,(H,16,18). The van der Waals surface area contributed by atoms with Gasteiger partial charge in [-0.3, -0.25) is 9.59 Å². The third-order valence-corrected chi connectivity index (χ3v) is 3.13. The lowest BCUT2D eigenvalue weighted by Gasteiger charge is -1.91. The molecule has 1 heterocycles. The number of fused-ring (bicyclic) bond motifs is 2. The number of halogens is 1. The number of rotatable bonds is 0. The highest BCUT2D eigenvalue weighted by Gasteiger charge is 2.05. The van der Waals surface area contributed by atoms with Gasteiger partial charge < -0.3 is 4.98 Å². The minimum atomic E-state index is -0.292. The smallest absolute Gasteiger partial charge is 0.256 e. The van der Waals surface area contributed by atoms with Gasteiger partial charge in [-0.2, -0.15) is 0 Å². The van der Waals surface area contributed by atoms with Crippen molar-refractivity contribution in [3.8, 4) is 0 Å². The average molecular weight is 258 g/mol. The topological polar surface area (TPSA) is 49.9 Å². The molecule has 0 unspecified atom stereocenters. The van der Waals surface area contributed by atoms with E-state index < -0.39 is 0 Å². The Morgan fingerprint density at radius 1 is 0.889 bits per heavy atom. The normalized spacial score (nSPS) is 10.9. The molecule has 0 bridgehead atoms. The van der Waals surface area contributed by atoms with E-state index >= 15 is 0 Å². The maximum atomic E-state index is 12.4. The van der Waals surface area contributed by atoms with E-state index in [9.17, 15) is 9.59 Å². The fourth-order valence-corrected chi connectivity index (χ4v) is 2.20. The van der Waals surface area contributed by atoms with E-state index in [0.29, 0.717) is 26.7 Å². The van der Waals surface area contributed by atoms with Crippen LogP contribution in [0.1, 0.15) is 0 Å². The first kappa shape index (κ1) is 11.0. The SMILES string of the molecule is O=c1[nH]c2ccccc2c(=O)c2cc(Cl)ccc12. The summed E-state index contributed by atoms with van der Waals surface area (Å²) in [5.74, 6) is 0. The molecule has 88 valence electrons. The average Bonchev–Trinajstić information content (AvgIpc) is 2.47. The van der Waals surface area contributed by atoms with Crippen LogP contribution in [0.25, 0.3) is 21.7 Å². The Labute approximate surface area is 107 Å². The molecule has 18 heavy (non-hydrogen) atoms. The van der Waals surface area contributed by atoms with Crippen molar-refractivity contribution >= 4 is 33.3 Å². The number of hydrogen-bond acceptors (Lipinski definition) is 2. The van der Waals surface area contributed by atoms with Crippen molar-refractivity contribution in [2.45, 2.75) is 0 Å². The third-order valence-electron chi connectivity index (χ3n) is 2.89. The molecule has 0 aliphatic rings. The molecule has 1 aromatic heterocycles. The molecule has 4 heteroatoms. The number of H-pyrrole nitrogens is 1. The van der Waals surface area contributed by atoms with Crippen molar-refractivity contribution < 1.29 is 0 Å². The second-order valence-corrected chi connectivity index (χ2v) is 4.46. The molecule has 0 aliphatic carbocycles. The zero-order valence-electron chi connectivity index (χ0n) is 9.24. The van der Waals surface area contributed by atoms with E-state index in [1.807, 2.05) is 0 Å². The lowest BCUT2D eigenvalue weighted by atomic mass is 10.1. The Balaban J connectivity index is 2.75. The molecular formula is C14H8ClNO2. The molecule has 3 rings (SSSR count). The van der Waals surface area contributed by atoms with Crippen LogP contribution in [0.3, 0.4) is 0 Å². The first-order valence-electron chi connectivity index (χ1n) is 5.41. The van der Waals surface area contributed by atoms with E-state index in [1.165, 1.54) is 6.07 Å². The lowest BCUT2D eigenvalue weighted by Crippen LogP contribution is -2.03. The Kier molecular flexibility index (Phi) is 2.42. The molecule has 0 atom stereocenters. The third kappa shape index (κ3) is 1.60. The summed E-state index contributed by atoms with van der Waals surface area (Å²) in [7, 11) is 0. The predicted molar refractivity (Wildman–Crippen MR) is 73.4 cm³/mol. The van der Waals surface area contributed by atoms with Gasteiger partial charge in [0.15, 0.2) is 5.43 Å². The molecule has 0 amide bonds. The van der Waals surface area contributed by atoms with Gasteiger partial charge in [-0.15, -0.1) is 0 Å². The number of hydrogen-bond donors (Lipinski definition) is 1. The Morgan fingerprint density at radius 2 is 1.67 bits per heavy atom. The van der Waals surface area contributed by atoms with E-state index in [2.05, 4.69) is 4.98 Å². The molecule has 3 aromatic rings. The van der Waals surface area contributed by atoms with Gasteiger partial charge in [0.05, 0.1) is 10.9 Å². The van der Waals surface area contributed by atoms with Crippen molar-refractivity contribution in [1.29, 1.82) is 0 Å².